The van der Waals surface area contributed by atoms with Gasteiger partial charge in [0, 0.05) is 37.3 Å². The number of hydrogen-bond donors (Lipinski definition) is 0. The fourth-order valence-electron chi connectivity index (χ4n) is 3.51. The highest BCUT2D eigenvalue weighted by Crippen LogP contribution is 2.21. The predicted molar refractivity (Wildman–Crippen MR) is 116 cm³/mol. The number of sulfonamides is 1. The van der Waals surface area contributed by atoms with Crippen molar-refractivity contribution in [2.75, 3.05) is 33.3 Å². The van der Waals surface area contributed by atoms with E-state index >= 15 is 0 Å². The molecule has 7 nitrogen and oxygen atoms in total. The summed E-state index contributed by atoms with van der Waals surface area (Å²) in [4.78, 5) is 16.2. The Kier molecular flexibility index (Phi) is 5.94. The van der Waals surface area contributed by atoms with Crippen molar-refractivity contribution >= 4 is 27.3 Å². The molecule has 30 heavy (non-hydrogen) atoms. The SMILES string of the molecule is COc1ccc(S(=O)(=O)N2CCN(C(=O)c3cccn3Cc3cccs3)CC2)cc1. The second-order valence-electron chi connectivity index (χ2n) is 6.97. The van der Waals surface area contributed by atoms with Gasteiger partial charge in [0.2, 0.25) is 10.0 Å². The molecule has 9 heteroatoms. The first-order valence-corrected chi connectivity index (χ1v) is 11.9. The lowest BCUT2D eigenvalue weighted by Gasteiger charge is -2.34. The number of benzene rings is 1. The Labute approximate surface area is 180 Å². The number of methoxy groups -OCH3 is 1. The van der Waals surface area contributed by atoms with Crippen molar-refractivity contribution in [1.82, 2.24) is 13.8 Å². The molecule has 0 spiro atoms. The average Bonchev–Trinajstić information content (AvgIpc) is 3.46. The van der Waals surface area contributed by atoms with Crippen molar-refractivity contribution in [1.29, 1.82) is 0 Å². The number of nitrogens with zero attached hydrogens (tertiary/aromatic N) is 3. The minimum atomic E-state index is -3.60. The minimum Gasteiger partial charge on any atom is -0.497 e. The van der Waals surface area contributed by atoms with E-state index in [0.29, 0.717) is 31.1 Å². The summed E-state index contributed by atoms with van der Waals surface area (Å²) >= 11 is 1.65. The normalized spacial score (nSPS) is 15.3. The second-order valence-corrected chi connectivity index (χ2v) is 9.94. The van der Waals surface area contributed by atoms with Crippen LogP contribution in [0.1, 0.15) is 15.4 Å². The number of carbonyl (C=O) groups excluding carboxylic acids is 1. The molecule has 0 saturated carbocycles. The molecular weight excluding hydrogens is 422 g/mol. The van der Waals surface area contributed by atoms with Gasteiger partial charge >= 0.3 is 0 Å². The fourth-order valence-corrected chi connectivity index (χ4v) is 5.63. The van der Waals surface area contributed by atoms with Crippen LogP contribution < -0.4 is 4.74 Å². The highest BCUT2D eigenvalue weighted by Gasteiger charge is 2.31. The number of aromatic nitrogens is 1. The van der Waals surface area contributed by atoms with Gasteiger partial charge in [0.05, 0.1) is 18.6 Å². The Hall–Kier alpha value is -2.62. The lowest BCUT2D eigenvalue weighted by atomic mass is 10.3. The Morgan fingerprint density at radius 1 is 1.03 bits per heavy atom. The van der Waals surface area contributed by atoms with E-state index in [1.54, 1.807) is 40.5 Å². The number of ether oxygens (including phenoxy) is 1. The molecule has 1 amide bonds. The van der Waals surface area contributed by atoms with E-state index < -0.39 is 10.0 Å². The number of piperazine rings is 1. The van der Waals surface area contributed by atoms with E-state index in [0.717, 1.165) is 0 Å². The van der Waals surface area contributed by atoms with E-state index in [-0.39, 0.29) is 23.9 Å². The lowest BCUT2D eigenvalue weighted by Crippen LogP contribution is -2.50. The van der Waals surface area contributed by atoms with Crippen molar-refractivity contribution < 1.29 is 17.9 Å². The predicted octanol–water partition coefficient (Wildman–Crippen LogP) is 2.75. The van der Waals surface area contributed by atoms with Crippen LogP contribution in [0.25, 0.3) is 0 Å². The van der Waals surface area contributed by atoms with E-state index in [2.05, 4.69) is 0 Å². The molecule has 1 fully saturated rings. The summed E-state index contributed by atoms with van der Waals surface area (Å²) in [5.74, 6) is 0.535. The van der Waals surface area contributed by atoms with Crippen LogP contribution in [-0.2, 0) is 16.6 Å². The van der Waals surface area contributed by atoms with Gasteiger partial charge in [-0.25, -0.2) is 8.42 Å². The van der Waals surface area contributed by atoms with E-state index in [9.17, 15) is 13.2 Å². The van der Waals surface area contributed by atoms with Crippen LogP contribution in [0.15, 0.2) is 65.0 Å². The summed E-state index contributed by atoms with van der Waals surface area (Å²) in [5.41, 5.74) is 0.620. The van der Waals surface area contributed by atoms with Gasteiger partial charge in [0.1, 0.15) is 11.4 Å². The van der Waals surface area contributed by atoms with Gasteiger partial charge in [-0.1, -0.05) is 6.07 Å². The third-order valence-corrected chi connectivity index (χ3v) is 7.95. The first kappa shape index (κ1) is 20.6. The average molecular weight is 446 g/mol. The van der Waals surface area contributed by atoms with Crippen molar-refractivity contribution in [2.45, 2.75) is 11.4 Å². The van der Waals surface area contributed by atoms with E-state index in [1.807, 2.05) is 40.4 Å². The number of amides is 1. The smallest absolute Gasteiger partial charge is 0.270 e. The standard InChI is InChI=1S/C21H23N3O4S2/c1-28-17-6-8-19(9-7-17)30(26,27)24-13-11-22(12-14-24)21(25)20-5-2-10-23(20)16-18-4-3-15-29-18/h2-10,15H,11-14,16H2,1H3. The quantitative estimate of drug-likeness (QED) is 0.585. The van der Waals surface area contributed by atoms with Crippen LogP contribution in [0.3, 0.4) is 0 Å². The molecular formula is C21H23N3O4S2. The number of hydrogen-bond acceptors (Lipinski definition) is 5. The summed E-state index contributed by atoms with van der Waals surface area (Å²) in [6.07, 6.45) is 1.90. The number of thiophene rings is 1. The third kappa shape index (κ3) is 4.14. The lowest BCUT2D eigenvalue weighted by molar-refractivity contribution is 0.0687. The molecule has 0 atom stereocenters. The van der Waals surface area contributed by atoms with Crippen molar-refractivity contribution in [3.63, 3.8) is 0 Å². The zero-order valence-corrected chi connectivity index (χ0v) is 18.2. The van der Waals surface area contributed by atoms with E-state index in [1.165, 1.54) is 16.3 Å². The Morgan fingerprint density at radius 3 is 2.40 bits per heavy atom. The Morgan fingerprint density at radius 2 is 1.77 bits per heavy atom. The molecule has 4 rings (SSSR count). The summed E-state index contributed by atoms with van der Waals surface area (Å²) < 4.78 is 34.3. The molecule has 0 bridgehead atoms. The maximum atomic E-state index is 13.0. The molecule has 0 aliphatic carbocycles. The molecule has 2 aromatic heterocycles. The van der Waals surface area contributed by atoms with Crippen molar-refractivity contribution in [3.05, 3.63) is 70.7 Å². The minimum absolute atomic E-state index is 0.0712. The van der Waals surface area contributed by atoms with Crippen LogP contribution in [0.5, 0.6) is 5.75 Å². The highest BCUT2D eigenvalue weighted by atomic mass is 32.2. The van der Waals surface area contributed by atoms with Gasteiger partial charge in [-0.15, -0.1) is 11.3 Å². The molecule has 0 unspecified atom stereocenters. The molecule has 1 aliphatic heterocycles. The van der Waals surface area contributed by atoms with Crippen LogP contribution >= 0.6 is 11.3 Å². The zero-order chi connectivity index (χ0) is 21.1. The molecule has 3 heterocycles. The van der Waals surface area contributed by atoms with Crippen LogP contribution in [0.4, 0.5) is 0 Å². The van der Waals surface area contributed by atoms with Crippen molar-refractivity contribution in [3.8, 4) is 5.75 Å². The molecule has 1 saturated heterocycles. The van der Waals surface area contributed by atoms with E-state index in [4.69, 9.17) is 4.74 Å². The summed E-state index contributed by atoms with van der Waals surface area (Å²) in [6.45, 7) is 1.91. The van der Waals surface area contributed by atoms with Gasteiger partial charge in [-0.3, -0.25) is 4.79 Å². The molecule has 0 radical (unpaired) electrons. The first-order chi connectivity index (χ1) is 14.5. The maximum Gasteiger partial charge on any atom is 0.270 e. The van der Waals surface area contributed by atoms with Gasteiger partial charge in [-0.2, -0.15) is 4.31 Å². The van der Waals surface area contributed by atoms with Crippen LogP contribution in [0, 0.1) is 0 Å². The monoisotopic (exact) mass is 445 g/mol. The number of carbonyl (C=O) groups is 1. The van der Waals surface area contributed by atoms with Crippen LogP contribution in [0.2, 0.25) is 0 Å². The van der Waals surface area contributed by atoms with Gasteiger partial charge in [-0.05, 0) is 47.8 Å². The zero-order valence-electron chi connectivity index (χ0n) is 16.6. The molecule has 1 aliphatic rings. The van der Waals surface area contributed by atoms with Gasteiger partial charge in [0.15, 0.2) is 0 Å². The summed E-state index contributed by atoms with van der Waals surface area (Å²) in [7, 11) is -2.06. The maximum absolute atomic E-state index is 13.0. The summed E-state index contributed by atoms with van der Waals surface area (Å²) in [5, 5.41) is 2.02. The fraction of sp³-hybridized carbons (Fsp3) is 0.286. The van der Waals surface area contributed by atoms with Gasteiger partial charge < -0.3 is 14.2 Å². The van der Waals surface area contributed by atoms with Gasteiger partial charge in [0.25, 0.3) is 5.91 Å². The molecule has 1 aromatic carbocycles. The highest BCUT2D eigenvalue weighted by molar-refractivity contribution is 7.89. The second kappa shape index (κ2) is 8.63. The molecule has 3 aromatic rings. The van der Waals surface area contributed by atoms with Crippen molar-refractivity contribution in [2.24, 2.45) is 0 Å². The largest absolute Gasteiger partial charge is 0.497 e. The molecule has 0 N–H and O–H groups in total. The number of rotatable bonds is 6. The first-order valence-electron chi connectivity index (χ1n) is 9.60. The van der Waals surface area contributed by atoms with Crippen LogP contribution in [-0.4, -0.2) is 61.4 Å². The Bertz CT molecular complexity index is 1100. The summed E-state index contributed by atoms with van der Waals surface area (Å²) in [6, 6.07) is 14.1. The molecule has 158 valence electrons. The third-order valence-electron chi connectivity index (χ3n) is 5.18. The topological polar surface area (TPSA) is 71.9 Å². The Balaban J connectivity index is 1.42.